The molecule has 0 heterocycles. The van der Waals surface area contributed by atoms with Crippen molar-refractivity contribution < 1.29 is 47.7 Å². The van der Waals surface area contributed by atoms with Crippen molar-refractivity contribution in [3.63, 3.8) is 0 Å². The summed E-state index contributed by atoms with van der Waals surface area (Å²) in [6.45, 7) is 4.59. The Bertz CT molecular complexity index is 1150. The van der Waals surface area contributed by atoms with E-state index in [1.807, 2.05) is 24.3 Å². The predicted molar refractivity (Wildman–Crippen MR) is 119 cm³/mol. The fourth-order valence-electron chi connectivity index (χ4n) is 3.71. The Morgan fingerprint density at radius 3 is 1.54 bits per heavy atom. The molecule has 2 atom stereocenters. The molecule has 10 heteroatoms. The monoisotopic (exact) mass is 484 g/mol. The van der Waals surface area contributed by atoms with Crippen molar-refractivity contribution in [3.05, 3.63) is 53.1 Å². The first-order valence-electron chi connectivity index (χ1n) is 10.7. The molecule has 10 nitrogen and oxygen atoms in total. The van der Waals surface area contributed by atoms with Crippen LogP contribution in [0, 0.1) is 0 Å². The Morgan fingerprint density at radius 1 is 0.657 bits per heavy atom. The SMILES string of the molecule is CC(=O)Oc1cc(C(=O)O[C@H]2Cc3ccccc3C[C@H]2OC(C)=O)cc(OC(C)=O)c1OC(C)=O. The van der Waals surface area contributed by atoms with Gasteiger partial charge in [-0.05, 0) is 23.3 Å². The number of benzene rings is 2. The van der Waals surface area contributed by atoms with E-state index in [9.17, 15) is 24.0 Å². The van der Waals surface area contributed by atoms with Gasteiger partial charge in [0, 0.05) is 40.5 Å². The topological polar surface area (TPSA) is 132 Å². The molecule has 2 aromatic rings. The number of fused-ring (bicyclic) bond motifs is 1. The van der Waals surface area contributed by atoms with Gasteiger partial charge in [-0.3, -0.25) is 19.2 Å². The highest BCUT2D eigenvalue weighted by molar-refractivity contribution is 5.92. The Labute approximate surface area is 201 Å². The molecule has 0 fully saturated rings. The molecule has 3 rings (SSSR count). The van der Waals surface area contributed by atoms with Crippen LogP contribution in [0.5, 0.6) is 17.2 Å². The minimum absolute atomic E-state index is 0.145. The molecule has 0 aromatic heterocycles. The molecule has 0 saturated carbocycles. The lowest BCUT2D eigenvalue weighted by Crippen LogP contribution is -2.41. The molecule has 0 unspecified atom stereocenters. The molecule has 0 N–H and O–H groups in total. The summed E-state index contributed by atoms with van der Waals surface area (Å²) in [5, 5.41) is 0. The number of hydrogen-bond acceptors (Lipinski definition) is 10. The van der Waals surface area contributed by atoms with Crippen molar-refractivity contribution >= 4 is 29.8 Å². The second-order valence-corrected chi connectivity index (χ2v) is 7.85. The maximum absolute atomic E-state index is 13.1. The Hall–Kier alpha value is -4.21. The highest BCUT2D eigenvalue weighted by atomic mass is 16.6. The maximum Gasteiger partial charge on any atom is 0.338 e. The van der Waals surface area contributed by atoms with E-state index >= 15 is 0 Å². The number of carbonyl (C=O) groups excluding carboxylic acids is 5. The van der Waals surface area contributed by atoms with Gasteiger partial charge in [0.05, 0.1) is 5.56 Å². The molecule has 0 amide bonds. The summed E-state index contributed by atoms with van der Waals surface area (Å²) < 4.78 is 26.3. The van der Waals surface area contributed by atoms with Crippen LogP contribution in [0.25, 0.3) is 0 Å². The predicted octanol–water partition coefficient (Wildman–Crippen LogP) is 2.72. The van der Waals surface area contributed by atoms with Crippen molar-refractivity contribution in [1.82, 2.24) is 0 Å². The average molecular weight is 484 g/mol. The van der Waals surface area contributed by atoms with E-state index < -0.39 is 42.1 Å². The van der Waals surface area contributed by atoms with Crippen molar-refractivity contribution in [3.8, 4) is 17.2 Å². The van der Waals surface area contributed by atoms with Crippen LogP contribution in [0.15, 0.2) is 36.4 Å². The standard InChI is InChI=1S/C25H24O10/c1-13(26)31-20-9-17-7-5-6-8-18(17)10-21(20)35-25(30)19-11-22(32-14(2)27)24(34-16(4)29)23(12-19)33-15(3)28/h5-8,11-12,20-21H,9-10H2,1-4H3/t20-,21+/m1/s1. The maximum atomic E-state index is 13.1. The van der Waals surface area contributed by atoms with E-state index in [2.05, 4.69) is 0 Å². The first-order valence-corrected chi connectivity index (χ1v) is 10.7. The number of rotatable bonds is 6. The second kappa shape index (κ2) is 10.8. The van der Waals surface area contributed by atoms with Crippen LogP contribution in [-0.2, 0) is 41.5 Å². The highest BCUT2D eigenvalue weighted by Crippen LogP contribution is 2.40. The van der Waals surface area contributed by atoms with Gasteiger partial charge in [-0.2, -0.15) is 0 Å². The summed E-state index contributed by atoms with van der Waals surface area (Å²) in [7, 11) is 0. The number of carbonyl (C=O) groups is 5. The van der Waals surface area contributed by atoms with Crippen LogP contribution in [0.4, 0.5) is 0 Å². The molecule has 184 valence electrons. The number of esters is 5. The minimum Gasteiger partial charge on any atom is -0.458 e. The van der Waals surface area contributed by atoms with Crippen LogP contribution in [0.1, 0.15) is 49.2 Å². The summed E-state index contributed by atoms with van der Waals surface area (Å²) in [6.07, 6.45) is -0.855. The van der Waals surface area contributed by atoms with Crippen LogP contribution in [-0.4, -0.2) is 42.1 Å². The first kappa shape index (κ1) is 25.4. The van der Waals surface area contributed by atoms with E-state index in [1.54, 1.807) is 0 Å². The van der Waals surface area contributed by atoms with Gasteiger partial charge in [0.15, 0.2) is 11.5 Å². The highest BCUT2D eigenvalue weighted by Gasteiger charge is 2.34. The zero-order valence-electron chi connectivity index (χ0n) is 19.6. The average Bonchev–Trinajstić information content (AvgIpc) is 2.74. The fourth-order valence-corrected chi connectivity index (χ4v) is 3.71. The third-order valence-corrected chi connectivity index (χ3v) is 4.96. The normalized spacial score (nSPS) is 16.3. The summed E-state index contributed by atoms with van der Waals surface area (Å²) in [4.78, 5) is 59.5. The molecule has 0 aliphatic heterocycles. The second-order valence-electron chi connectivity index (χ2n) is 7.85. The zero-order chi connectivity index (χ0) is 25.7. The van der Waals surface area contributed by atoms with Gasteiger partial charge < -0.3 is 23.7 Å². The lowest BCUT2D eigenvalue weighted by molar-refractivity contribution is -0.153. The number of hydrogen-bond donors (Lipinski definition) is 0. The molecule has 0 radical (unpaired) electrons. The fraction of sp³-hybridized carbons (Fsp3) is 0.320. The Balaban J connectivity index is 1.97. The summed E-state index contributed by atoms with van der Waals surface area (Å²) >= 11 is 0. The zero-order valence-corrected chi connectivity index (χ0v) is 19.6. The van der Waals surface area contributed by atoms with E-state index in [0.29, 0.717) is 12.8 Å². The van der Waals surface area contributed by atoms with E-state index in [1.165, 1.54) is 6.92 Å². The Kier molecular flexibility index (Phi) is 7.85. The third kappa shape index (κ3) is 6.66. The van der Waals surface area contributed by atoms with Gasteiger partial charge in [-0.25, -0.2) is 4.79 Å². The molecule has 1 aliphatic rings. The molecule has 1 aliphatic carbocycles. The van der Waals surface area contributed by atoms with Crippen molar-refractivity contribution in [1.29, 1.82) is 0 Å². The smallest absolute Gasteiger partial charge is 0.338 e. The van der Waals surface area contributed by atoms with Crippen LogP contribution in [0.3, 0.4) is 0 Å². The largest absolute Gasteiger partial charge is 0.458 e. The molecular formula is C25H24O10. The molecule has 0 bridgehead atoms. The van der Waals surface area contributed by atoms with Crippen molar-refractivity contribution in [2.45, 2.75) is 52.7 Å². The van der Waals surface area contributed by atoms with Gasteiger partial charge in [-0.1, -0.05) is 24.3 Å². The molecule has 0 spiro atoms. The van der Waals surface area contributed by atoms with Gasteiger partial charge in [-0.15, -0.1) is 0 Å². The minimum atomic E-state index is -0.859. The third-order valence-electron chi connectivity index (χ3n) is 4.96. The van der Waals surface area contributed by atoms with Gasteiger partial charge >= 0.3 is 29.8 Å². The van der Waals surface area contributed by atoms with Crippen molar-refractivity contribution in [2.24, 2.45) is 0 Å². The molecule has 0 saturated heterocycles. The van der Waals surface area contributed by atoms with Crippen LogP contribution < -0.4 is 14.2 Å². The van der Waals surface area contributed by atoms with E-state index in [4.69, 9.17) is 23.7 Å². The summed E-state index contributed by atoms with van der Waals surface area (Å²) in [5.74, 6) is -4.66. The van der Waals surface area contributed by atoms with Crippen molar-refractivity contribution in [2.75, 3.05) is 0 Å². The quantitative estimate of drug-likeness (QED) is 0.445. The van der Waals surface area contributed by atoms with E-state index in [-0.39, 0.29) is 22.8 Å². The molecular weight excluding hydrogens is 460 g/mol. The van der Waals surface area contributed by atoms with Crippen LogP contribution >= 0.6 is 0 Å². The number of ether oxygens (including phenoxy) is 5. The van der Waals surface area contributed by atoms with Crippen LogP contribution in [0.2, 0.25) is 0 Å². The lowest BCUT2D eigenvalue weighted by atomic mass is 9.87. The van der Waals surface area contributed by atoms with E-state index in [0.717, 1.165) is 44.0 Å². The summed E-state index contributed by atoms with van der Waals surface area (Å²) in [5.41, 5.74) is 1.78. The molecule has 35 heavy (non-hydrogen) atoms. The Morgan fingerprint density at radius 2 is 1.11 bits per heavy atom. The first-order chi connectivity index (χ1) is 16.5. The van der Waals surface area contributed by atoms with Gasteiger partial charge in [0.25, 0.3) is 0 Å². The van der Waals surface area contributed by atoms with Gasteiger partial charge in [0.2, 0.25) is 5.75 Å². The summed E-state index contributed by atoms with van der Waals surface area (Å²) in [6, 6.07) is 9.79. The molecule has 2 aromatic carbocycles. The van der Waals surface area contributed by atoms with Gasteiger partial charge in [0.1, 0.15) is 12.2 Å². The lowest BCUT2D eigenvalue weighted by Gasteiger charge is -2.32.